The highest BCUT2D eigenvalue weighted by Gasteiger charge is 2.37. The third kappa shape index (κ3) is 4.43. The van der Waals surface area contributed by atoms with E-state index < -0.39 is 0 Å². The summed E-state index contributed by atoms with van der Waals surface area (Å²) in [5.41, 5.74) is 0.612. The van der Waals surface area contributed by atoms with E-state index in [4.69, 9.17) is 0 Å². The van der Waals surface area contributed by atoms with Crippen LogP contribution in [0.25, 0.3) is 0 Å². The molecule has 3 amide bonds. The van der Waals surface area contributed by atoms with E-state index in [0.29, 0.717) is 11.5 Å². The average molecular weight is 376 g/mol. The molecule has 0 bridgehead atoms. The first kappa shape index (κ1) is 19.1. The lowest BCUT2D eigenvalue weighted by atomic mass is 9.64. The molecule has 5 heteroatoms. The molecule has 0 aromatic rings. The molecule has 0 atom stereocenters. The highest BCUT2D eigenvalue weighted by Crippen LogP contribution is 2.47. The predicted molar refractivity (Wildman–Crippen MR) is 106 cm³/mol. The predicted octanol–water partition coefficient (Wildman–Crippen LogP) is 3.92. The minimum Gasteiger partial charge on any atom is -0.353 e. The number of urea groups is 1. The number of rotatable bonds is 2. The van der Waals surface area contributed by atoms with Crippen molar-refractivity contribution in [3.63, 3.8) is 0 Å². The van der Waals surface area contributed by atoms with Gasteiger partial charge in [0, 0.05) is 38.1 Å². The van der Waals surface area contributed by atoms with E-state index in [1.165, 1.54) is 44.9 Å². The number of amides is 3. The highest BCUT2D eigenvalue weighted by molar-refractivity contribution is 5.80. The van der Waals surface area contributed by atoms with Crippen LogP contribution >= 0.6 is 0 Å². The van der Waals surface area contributed by atoms with Crippen LogP contribution in [0, 0.1) is 11.3 Å². The molecule has 2 saturated carbocycles. The van der Waals surface area contributed by atoms with Crippen LogP contribution in [0.1, 0.15) is 83.5 Å². The lowest BCUT2D eigenvalue weighted by Gasteiger charge is -2.43. The number of hydrogen-bond donors (Lipinski definition) is 1. The summed E-state index contributed by atoms with van der Waals surface area (Å²) >= 11 is 0. The molecule has 152 valence electrons. The molecule has 27 heavy (non-hydrogen) atoms. The average Bonchev–Trinajstić information content (AvgIpc) is 3.25. The topological polar surface area (TPSA) is 52.7 Å². The fourth-order valence-electron chi connectivity index (χ4n) is 5.94. The van der Waals surface area contributed by atoms with Crippen LogP contribution in [0.5, 0.6) is 0 Å². The lowest BCUT2D eigenvalue weighted by molar-refractivity contribution is -0.127. The van der Waals surface area contributed by atoms with Gasteiger partial charge in [-0.1, -0.05) is 19.3 Å². The first-order valence-electron chi connectivity index (χ1n) is 11.5. The van der Waals surface area contributed by atoms with Crippen molar-refractivity contribution in [1.82, 2.24) is 15.1 Å². The van der Waals surface area contributed by atoms with E-state index in [-0.39, 0.29) is 17.9 Å². The number of carbonyl (C=O) groups excluding carboxylic acids is 2. The van der Waals surface area contributed by atoms with Gasteiger partial charge in [-0.15, -0.1) is 0 Å². The lowest BCUT2D eigenvalue weighted by Crippen LogP contribution is -2.49. The zero-order valence-corrected chi connectivity index (χ0v) is 16.9. The van der Waals surface area contributed by atoms with Gasteiger partial charge in [0.1, 0.15) is 0 Å². The maximum atomic E-state index is 12.7. The second kappa shape index (κ2) is 8.40. The molecule has 2 aliphatic heterocycles. The summed E-state index contributed by atoms with van der Waals surface area (Å²) < 4.78 is 0. The van der Waals surface area contributed by atoms with Crippen molar-refractivity contribution in [3.8, 4) is 0 Å². The highest BCUT2D eigenvalue weighted by atomic mass is 16.2. The summed E-state index contributed by atoms with van der Waals surface area (Å²) in [4.78, 5) is 29.2. The fraction of sp³-hybridized carbons (Fsp3) is 0.909. The number of piperidine rings is 1. The maximum Gasteiger partial charge on any atom is 0.319 e. The molecular formula is C22H37N3O2. The van der Waals surface area contributed by atoms with Gasteiger partial charge in [0.2, 0.25) is 5.91 Å². The molecule has 4 aliphatic rings. The Hall–Kier alpha value is -1.26. The first-order valence-corrected chi connectivity index (χ1v) is 11.5. The van der Waals surface area contributed by atoms with E-state index in [0.717, 1.165) is 64.7 Å². The number of nitrogens with one attached hydrogen (secondary N) is 1. The summed E-state index contributed by atoms with van der Waals surface area (Å²) in [5.74, 6) is 0.339. The number of nitrogens with zero attached hydrogens (tertiary/aromatic N) is 2. The molecule has 5 nitrogen and oxygen atoms in total. The molecule has 2 heterocycles. The van der Waals surface area contributed by atoms with Crippen molar-refractivity contribution in [2.45, 2.75) is 89.5 Å². The zero-order chi connectivity index (χ0) is 18.7. The molecule has 4 rings (SSSR count). The minimum absolute atomic E-state index is 0.0956. The van der Waals surface area contributed by atoms with Crippen molar-refractivity contribution in [2.24, 2.45) is 11.3 Å². The Balaban J connectivity index is 1.19. The fourth-order valence-corrected chi connectivity index (χ4v) is 5.94. The molecule has 0 aromatic carbocycles. The van der Waals surface area contributed by atoms with Crippen molar-refractivity contribution >= 4 is 11.9 Å². The minimum atomic E-state index is 0.0956. The van der Waals surface area contributed by atoms with E-state index in [9.17, 15) is 9.59 Å². The molecular weight excluding hydrogens is 338 g/mol. The van der Waals surface area contributed by atoms with Gasteiger partial charge in [-0.05, 0) is 69.6 Å². The van der Waals surface area contributed by atoms with Gasteiger partial charge >= 0.3 is 6.03 Å². The third-order valence-corrected chi connectivity index (χ3v) is 7.82. The van der Waals surface area contributed by atoms with Crippen LogP contribution in [0.4, 0.5) is 4.79 Å². The monoisotopic (exact) mass is 375 g/mol. The van der Waals surface area contributed by atoms with Gasteiger partial charge < -0.3 is 15.1 Å². The Morgan fingerprint density at radius 1 is 0.704 bits per heavy atom. The third-order valence-electron chi connectivity index (χ3n) is 7.82. The van der Waals surface area contributed by atoms with Gasteiger partial charge in [0.05, 0.1) is 0 Å². The largest absolute Gasteiger partial charge is 0.353 e. The van der Waals surface area contributed by atoms with Crippen molar-refractivity contribution in [1.29, 1.82) is 0 Å². The van der Waals surface area contributed by atoms with Crippen molar-refractivity contribution < 1.29 is 9.59 Å². The van der Waals surface area contributed by atoms with E-state index >= 15 is 0 Å². The van der Waals surface area contributed by atoms with E-state index in [1.807, 2.05) is 9.80 Å². The van der Waals surface area contributed by atoms with E-state index in [1.54, 1.807) is 0 Å². The summed E-state index contributed by atoms with van der Waals surface area (Å²) in [6, 6.07) is 0.575. The van der Waals surface area contributed by atoms with Crippen molar-refractivity contribution in [3.05, 3.63) is 0 Å². The quantitative estimate of drug-likeness (QED) is 0.795. The summed E-state index contributed by atoms with van der Waals surface area (Å²) in [5, 5.41) is 3.36. The molecule has 0 aromatic heterocycles. The summed E-state index contributed by atoms with van der Waals surface area (Å²) in [6.45, 7) is 3.28. The molecule has 4 fully saturated rings. The van der Waals surface area contributed by atoms with Crippen LogP contribution in [-0.2, 0) is 4.79 Å². The SMILES string of the molecule is O=C(NC1CCC2(CCCCC2)CC1)C1CCN(C(=O)N2CCCC2)CC1. The summed E-state index contributed by atoms with van der Waals surface area (Å²) in [6.07, 6.45) is 15.9. The van der Waals surface area contributed by atoms with Gasteiger partial charge in [-0.25, -0.2) is 4.79 Å². The molecule has 2 saturated heterocycles. The van der Waals surface area contributed by atoms with Gasteiger partial charge in [-0.3, -0.25) is 4.79 Å². The number of hydrogen-bond acceptors (Lipinski definition) is 2. The second-order valence-electron chi connectivity index (χ2n) is 9.58. The smallest absolute Gasteiger partial charge is 0.319 e. The van der Waals surface area contributed by atoms with Crippen LogP contribution < -0.4 is 5.32 Å². The Kier molecular flexibility index (Phi) is 5.93. The van der Waals surface area contributed by atoms with E-state index in [2.05, 4.69) is 5.32 Å². The maximum absolute atomic E-state index is 12.7. The van der Waals surface area contributed by atoms with Gasteiger partial charge in [-0.2, -0.15) is 0 Å². The Labute approximate surface area is 164 Å². The van der Waals surface area contributed by atoms with Crippen LogP contribution in [-0.4, -0.2) is 54.0 Å². The zero-order valence-electron chi connectivity index (χ0n) is 16.9. The first-order chi connectivity index (χ1) is 13.2. The Morgan fingerprint density at radius 2 is 1.30 bits per heavy atom. The molecule has 0 radical (unpaired) electrons. The normalized spacial score (nSPS) is 27.1. The second-order valence-corrected chi connectivity index (χ2v) is 9.58. The van der Waals surface area contributed by atoms with Crippen LogP contribution in [0.3, 0.4) is 0 Å². The van der Waals surface area contributed by atoms with Gasteiger partial charge in [0.15, 0.2) is 0 Å². The van der Waals surface area contributed by atoms with Crippen LogP contribution in [0.2, 0.25) is 0 Å². The molecule has 1 spiro atoms. The Bertz CT molecular complexity index is 520. The Morgan fingerprint density at radius 3 is 1.93 bits per heavy atom. The van der Waals surface area contributed by atoms with Crippen LogP contribution in [0.15, 0.2) is 0 Å². The number of carbonyl (C=O) groups is 2. The number of likely N-dealkylation sites (tertiary alicyclic amines) is 2. The van der Waals surface area contributed by atoms with Gasteiger partial charge in [0.25, 0.3) is 0 Å². The van der Waals surface area contributed by atoms with Crippen molar-refractivity contribution in [2.75, 3.05) is 26.2 Å². The summed E-state index contributed by atoms with van der Waals surface area (Å²) in [7, 11) is 0. The molecule has 0 unspecified atom stereocenters. The molecule has 1 N–H and O–H groups in total. The standard InChI is InChI=1S/C22H37N3O2/c26-20(23-19-6-12-22(13-7-19)10-2-1-3-11-22)18-8-16-25(17-9-18)21(27)24-14-4-5-15-24/h18-19H,1-17H2,(H,23,26). The molecule has 2 aliphatic carbocycles.